The summed E-state index contributed by atoms with van der Waals surface area (Å²) in [6.45, 7) is 0.811. The predicted molar refractivity (Wildman–Crippen MR) is 77.7 cm³/mol. The Morgan fingerprint density at radius 1 is 1.62 bits per heavy atom. The van der Waals surface area contributed by atoms with Crippen molar-refractivity contribution in [2.45, 2.75) is 11.4 Å². The molecule has 86 valence electrons. The first-order chi connectivity index (χ1) is 7.70. The van der Waals surface area contributed by atoms with E-state index in [0.717, 1.165) is 20.9 Å². The van der Waals surface area contributed by atoms with Gasteiger partial charge in [0, 0.05) is 14.7 Å². The number of aromatic nitrogens is 1. The van der Waals surface area contributed by atoms with E-state index >= 15 is 0 Å². The first kappa shape index (κ1) is 12.2. The first-order valence-electron chi connectivity index (χ1n) is 4.46. The minimum Gasteiger partial charge on any atom is -0.382 e. The summed E-state index contributed by atoms with van der Waals surface area (Å²) in [5.41, 5.74) is 5.76. The Bertz CT molecular complexity index is 480. The van der Waals surface area contributed by atoms with Crippen molar-refractivity contribution in [3.05, 3.63) is 20.8 Å². The number of anilines is 2. The van der Waals surface area contributed by atoms with Gasteiger partial charge in [0.25, 0.3) is 0 Å². The molecule has 0 unspecified atom stereocenters. The van der Waals surface area contributed by atoms with Gasteiger partial charge in [-0.1, -0.05) is 0 Å². The summed E-state index contributed by atoms with van der Waals surface area (Å²) in [4.78, 5) is 2.33. The highest BCUT2D eigenvalue weighted by Gasteiger charge is 2.10. The van der Waals surface area contributed by atoms with Gasteiger partial charge >= 0.3 is 0 Å². The number of thioether (sulfide) groups is 1. The lowest BCUT2D eigenvalue weighted by Crippen LogP contribution is -1.96. The van der Waals surface area contributed by atoms with Gasteiger partial charge in [-0.3, -0.25) is 0 Å². The van der Waals surface area contributed by atoms with Gasteiger partial charge in [0.05, 0.1) is 11.4 Å². The van der Waals surface area contributed by atoms with Crippen LogP contribution in [0.4, 0.5) is 10.8 Å². The molecule has 2 rings (SSSR count). The fourth-order valence-electron chi connectivity index (χ4n) is 1.22. The van der Waals surface area contributed by atoms with Crippen LogP contribution in [0.25, 0.3) is 0 Å². The normalized spacial score (nSPS) is 10.6. The minimum absolute atomic E-state index is 0.618. The van der Waals surface area contributed by atoms with Crippen molar-refractivity contribution < 1.29 is 0 Å². The molecule has 0 spiro atoms. The molecule has 0 aromatic carbocycles. The second kappa shape index (κ2) is 5.39. The third-order valence-electron chi connectivity index (χ3n) is 1.92. The van der Waals surface area contributed by atoms with Crippen LogP contribution >= 0.6 is 50.6 Å². The standard InChI is InChI=1S/C9H10BrN3S3/c1-14-7-8(11)13-16-9(7)12-3-6-2-5(10)4-15-6/h2,4,12H,3H2,1H3,(H2,11,13). The number of nitrogens with zero attached hydrogens (tertiary/aromatic N) is 1. The van der Waals surface area contributed by atoms with E-state index in [-0.39, 0.29) is 0 Å². The highest BCUT2D eigenvalue weighted by atomic mass is 79.9. The largest absolute Gasteiger partial charge is 0.382 e. The average molecular weight is 336 g/mol. The van der Waals surface area contributed by atoms with Crippen LogP contribution in [-0.4, -0.2) is 10.6 Å². The zero-order chi connectivity index (χ0) is 11.5. The van der Waals surface area contributed by atoms with E-state index in [4.69, 9.17) is 5.73 Å². The van der Waals surface area contributed by atoms with Crippen molar-refractivity contribution in [2.24, 2.45) is 0 Å². The molecule has 2 aromatic heterocycles. The summed E-state index contributed by atoms with van der Waals surface area (Å²) in [7, 11) is 0. The van der Waals surface area contributed by atoms with Crippen LogP contribution in [0.15, 0.2) is 20.8 Å². The molecule has 0 saturated heterocycles. The highest BCUT2D eigenvalue weighted by molar-refractivity contribution is 9.10. The Labute approximate surface area is 115 Å². The number of hydrogen-bond donors (Lipinski definition) is 2. The van der Waals surface area contributed by atoms with Crippen LogP contribution in [0.1, 0.15) is 4.88 Å². The van der Waals surface area contributed by atoms with E-state index in [0.29, 0.717) is 5.82 Å². The third-order valence-corrected chi connectivity index (χ3v) is 5.39. The number of nitrogens with two attached hydrogens (primary N) is 1. The van der Waals surface area contributed by atoms with Gasteiger partial charge in [-0.2, -0.15) is 4.37 Å². The maximum absolute atomic E-state index is 5.76. The van der Waals surface area contributed by atoms with Crippen molar-refractivity contribution in [3.63, 3.8) is 0 Å². The number of halogens is 1. The summed E-state index contributed by atoms with van der Waals surface area (Å²) < 4.78 is 5.26. The molecular formula is C9H10BrN3S3. The van der Waals surface area contributed by atoms with Crippen LogP contribution in [0.3, 0.4) is 0 Å². The van der Waals surface area contributed by atoms with Crippen LogP contribution in [0.2, 0.25) is 0 Å². The van der Waals surface area contributed by atoms with Crippen molar-refractivity contribution in [1.82, 2.24) is 4.37 Å². The molecule has 0 atom stereocenters. The van der Waals surface area contributed by atoms with E-state index < -0.39 is 0 Å². The first-order valence-corrected chi connectivity index (χ1v) is 8.13. The molecule has 2 heterocycles. The van der Waals surface area contributed by atoms with Gasteiger partial charge in [0.2, 0.25) is 0 Å². The third kappa shape index (κ3) is 2.71. The molecule has 16 heavy (non-hydrogen) atoms. The lowest BCUT2D eigenvalue weighted by Gasteiger charge is -2.03. The lowest BCUT2D eigenvalue weighted by molar-refractivity contribution is 1.19. The predicted octanol–water partition coefficient (Wildman–Crippen LogP) is 3.88. The minimum atomic E-state index is 0.618. The summed E-state index contributed by atoms with van der Waals surface area (Å²) in [6.07, 6.45) is 2.01. The molecule has 0 fully saturated rings. The molecule has 0 aliphatic rings. The van der Waals surface area contributed by atoms with Crippen LogP contribution in [0.5, 0.6) is 0 Å². The number of nitrogen functional groups attached to an aromatic ring is 1. The maximum atomic E-state index is 5.76. The maximum Gasteiger partial charge on any atom is 0.153 e. The van der Waals surface area contributed by atoms with Crippen LogP contribution < -0.4 is 11.1 Å². The lowest BCUT2D eigenvalue weighted by atomic mass is 10.4. The Kier molecular flexibility index (Phi) is 4.12. The van der Waals surface area contributed by atoms with Gasteiger partial charge in [0.1, 0.15) is 5.00 Å². The molecule has 0 aliphatic heterocycles. The van der Waals surface area contributed by atoms with Gasteiger partial charge in [-0.25, -0.2) is 0 Å². The molecule has 3 N–H and O–H groups in total. The fourth-order valence-corrected chi connectivity index (χ4v) is 4.15. The summed E-state index contributed by atoms with van der Waals surface area (Å²) in [5, 5.41) is 6.49. The number of hydrogen-bond acceptors (Lipinski definition) is 6. The summed E-state index contributed by atoms with van der Waals surface area (Å²) >= 11 is 8.20. The number of nitrogens with one attached hydrogen (secondary N) is 1. The van der Waals surface area contributed by atoms with Gasteiger partial charge in [0.15, 0.2) is 5.82 Å². The Morgan fingerprint density at radius 2 is 2.44 bits per heavy atom. The molecule has 7 heteroatoms. The average Bonchev–Trinajstić information content (AvgIpc) is 2.82. The fraction of sp³-hybridized carbons (Fsp3) is 0.222. The number of thiophene rings is 1. The highest BCUT2D eigenvalue weighted by Crippen LogP contribution is 2.35. The van der Waals surface area contributed by atoms with Crippen LogP contribution in [-0.2, 0) is 6.54 Å². The van der Waals surface area contributed by atoms with Crippen molar-refractivity contribution in [2.75, 3.05) is 17.3 Å². The van der Waals surface area contributed by atoms with Crippen molar-refractivity contribution in [1.29, 1.82) is 0 Å². The molecule has 0 bridgehead atoms. The zero-order valence-electron chi connectivity index (χ0n) is 8.49. The second-order valence-corrected chi connectivity index (χ2v) is 6.52. The summed E-state index contributed by atoms with van der Waals surface area (Å²) in [5.74, 6) is 0.618. The van der Waals surface area contributed by atoms with Crippen LogP contribution in [0, 0.1) is 0 Å². The van der Waals surface area contributed by atoms with Crippen molar-refractivity contribution in [3.8, 4) is 0 Å². The molecule has 0 saturated carbocycles. The van der Waals surface area contributed by atoms with E-state index in [9.17, 15) is 0 Å². The monoisotopic (exact) mass is 335 g/mol. The summed E-state index contributed by atoms with van der Waals surface area (Å²) in [6, 6.07) is 2.11. The topological polar surface area (TPSA) is 50.9 Å². The molecular weight excluding hydrogens is 326 g/mol. The van der Waals surface area contributed by atoms with Gasteiger partial charge in [-0.15, -0.1) is 23.1 Å². The molecule has 3 nitrogen and oxygen atoms in total. The van der Waals surface area contributed by atoms with E-state index in [2.05, 4.69) is 37.1 Å². The van der Waals surface area contributed by atoms with E-state index in [1.165, 1.54) is 16.4 Å². The Balaban J connectivity index is 2.04. The van der Waals surface area contributed by atoms with Gasteiger partial charge < -0.3 is 11.1 Å². The smallest absolute Gasteiger partial charge is 0.153 e. The SMILES string of the molecule is CSc1c(N)nsc1NCc1cc(Br)cs1. The quantitative estimate of drug-likeness (QED) is 0.832. The Hall–Kier alpha value is -0.240. The molecule has 2 aromatic rings. The Morgan fingerprint density at radius 3 is 3.06 bits per heavy atom. The zero-order valence-corrected chi connectivity index (χ0v) is 12.5. The van der Waals surface area contributed by atoms with E-state index in [1.54, 1.807) is 23.1 Å². The van der Waals surface area contributed by atoms with Gasteiger partial charge in [-0.05, 0) is 39.8 Å². The van der Waals surface area contributed by atoms with Crippen molar-refractivity contribution >= 4 is 61.4 Å². The number of rotatable bonds is 4. The molecule has 0 aliphatic carbocycles. The molecule has 0 amide bonds. The second-order valence-electron chi connectivity index (χ2n) is 3.01. The molecule has 0 radical (unpaired) electrons. The van der Waals surface area contributed by atoms with E-state index in [1.807, 2.05) is 6.26 Å².